The highest BCUT2D eigenvalue weighted by Gasteiger charge is 2.68. The third-order valence-corrected chi connectivity index (χ3v) is 20.1. The van der Waals surface area contributed by atoms with E-state index in [4.69, 9.17) is 25.3 Å². The molecule has 1 aromatic carbocycles. The fraction of sp³-hybridized carbons (Fsp3) is 0.519. The summed E-state index contributed by atoms with van der Waals surface area (Å²) in [5, 5.41) is 4.02. The van der Waals surface area contributed by atoms with Crippen molar-refractivity contribution < 1.29 is 38.0 Å². The van der Waals surface area contributed by atoms with E-state index in [1.165, 1.54) is 28.3 Å². The van der Waals surface area contributed by atoms with Crippen molar-refractivity contribution in [2.75, 3.05) is 67.6 Å². The number of hydrogen-bond donors (Lipinski definition) is 2. The molecule has 8 heterocycles. The second kappa shape index (κ2) is 18.6. The zero-order valence-corrected chi connectivity index (χ0v) is 46.4. The lowest BCUT2D eigenvalue weighted by molar-refractivity contribution is -0.802. The number of esters is 1. The molecular weight excluding hydrogens is 1060 g/mol. The molecule has 6 bridgehead atoms. The van der Waals surface area contributed by atoms with Gasteiger partial charge in [-0.05, 0) is 105 Å². The van der Waals surface area contributed by atoms with Crippen molar-refractivity contribution >= 4 is 83.9 Å². The third-order valence-electron chi connectivity index (χ3n) is 15.8. The van der Waals surface area contributed by atoms with Gasteiger partial charge in [0.05, 0.1) is 49.3 Å². The SMILES string of the molecule is CCn1c2c3c4cc(ccc41)-c1csc(n1)CC1([Si]C1C(=O)C(=C(C)C)[N+](C)(N)C(=O)N(C)C1CN(C(=O)/C=C/C4CN(C)C4)C1)C(=O)N1CCC[C@H](N1)C(=O)OCC(C)(C)C3[C@](I)(OC)c1ncccc1-2. The summed E-state index contributed by atoms with van der Waals surface area (Å²) < 4.78 is 13.4. The number of cyclic esters (lactones) is 1. The van der Waals surface area contributed by atoms with Crippen LogP contribution in [0.25, 0.3) is 33.4 Å². The number of ether oxygens (including phenoxy) is 2. The quantitative estimate of drug-likeness (QED) is 0.0241. The van der Waals surface area contributed by atoms with Crippen LogP contribution in [0.5, 0.6) is 0 Å². The number of likely N-dealkylation sites (N-methyl/N-ethyl adjacent to an activating group) is 2. The van der Waals surface area contributed by atoms with Crippen molar-refractivity contribution in [1.82, 2.24) is 39.7 Å². The summed E-state index contributed by atoms with van der Waals surface area (Å²) in [6.45, 7) is 13.5. The Bertz CT molecular complexity index is 2970. The third kappa shape index (κ3) is 8.31. The minimum absolute atomic E-state index is 0.0523. The summed E-state index contributed by atoms with van der Waals surface area (Å²) in [6.07, 6.45) is 6.53. The molecule has 4 amide bonds. The second-order valence-corrected chi connectivity index (χ2v) is 25.9. The fourth-order valence-electron chi connectivity index (χ4n) is 11.9. The van der Waals surface area contributed by atoms with Crippen molar-refractivity contribution in [3.05, 3.63) is 81.6 Å². The first kappa shape index (κ1) is 50.8. The molecule has 2 radical (unpaired) electrons. The number of aromatic nitrogens is 3. The molecule has 20 heteroatoms. The molecular formula is C52H64IN10O7SSi+. The van der Waals surface area contributed by atoms with Gasteiger partial charge in [-0.3, -0.25) is 34.1 Å². The molecule has 3 N–H and O–H groups in total. The molecule has 4 saturated heterocycles. The predicted molar refractivity (Wildman–Crippen MR) is 283 cm³/mol. The number of halogens is 1. The van der Waals surface area contributed by atoms with E-state index in [9.17, 15) is 14.4 Å². The number of ketones is 1. The van der Waals surface area contributed by atoms with Crippen LogP contribution in [0, 0.1) is 11.3 Å². The Labute approximate surface area is 440 Å². The maximum absolute atomic E-state index is 15.3. The number of carbonyl (C=O) groups is 5. The van der Waals surface area contributed by atoms with E-state index in [0.717, 1.165) is 57.8 Å². The summed E-state index contributed by atoms with van der Waals surface area (Å²) in [7, 11) is 6.77. The lowest BCUT2D eigenvalue weighted by Crippen LogP contribution is -2.67. The van der Waals surface area contributed by atoms with E-state index in [1.54, 1.807) is 45.2 Å². The topological polar surface area (TPSA) is 186 Å². The van der Waals surface area contributed by atoms with Crippen LogP contribution >= 0.6 is 33.9 Å². The van der Waals surface area contributed by atoms with Crippen LogP contribution in [-0.2, 0) is 45.2 Å². The van der Waals surface area contributed by atoms with Crippen molar-refractivity contribution in [2.45, 2.75) is 92.6 Å². The van der Waals surface area contributed by atoms with Gasteiger partial charge in [0, 0.05) is 116 Å². The number of urea groups is 1. The standard InChI is InChI=1S/C52H64IN10O7SSi/c1-10-61-37-17-16-31-21-34(37)40-41(61)33-13-11-19-55-45(33)52(53,69-9)44(40)50(4,5)28-70-47(66)35-14-12-20-62(57-35)48(67)51(22-38-56-36(31)27-71-38)46(72-51)43(65)42(29(2)3)63(8,54)49(68)59(7)32-25-60(26-32)39(64)18-15-30-23-58(6)24-30/h11,13,15-19,21,27,30,32,35,44,46,57H,10,12,14,20,22-26,28,54H2,1-9H3/q+1/b18-15+/t35-,44?,46?,51?,52-,63?/m0/s1. The number of hydrogen-bond acceptors (Lipinski definition) is 13. The molecule has 380 valence electrons. The van der Waals surface area contributed by atoms with E-state index >= 15 is 9.59 Å². The number of likely N-dealkylation sites (tertiary alicyclic amines) is 2. The number of rotatable bonds is 8. The van der Waals surface area contributed by atoms with E-state index in [0.29, 0.717) is 55.5 Å². The van der Waals surface area contributed by atoms with Crippen molar-refractivity contribution in [3.8, 4) is 22.5 Å². The summed E-state index contributed by atoms with van der Waals surface area (Å²) in [4.78, 5) is 87.7. The largest absolute Gasteiger partial charge is 0.464 e. The maximum atomic E-state index is 15.3. The average Bonchev–Trinajstić information content (AvgIpc) is 3.71. The highest BCUT2D eigenvalue weighted by Crippen LogP contribution is 2.64. The molecule has 10 rings (SSSR count). The Hall–Kier alpha value is -4.68. The number of thiazole rings is 1. The molecule has 6 aliphatic rings. The first-order chi connectivity index (χ1) is 34.1. The van der Waals surface area contributed by atoms with Crippen molar-refractivity contribution in [2.24, 2.45) is 17.2 Å². The predicted octanol–water partition coefficient (Wildman–Crippen LogP) is 6.03. The number of allylic oxidation sites excluding steroid dienone is 2. The number of amides is 4. The van der Waals surface area contributed by atoms with Gasteiger partial charge in [0.2, 0.25) is 23.3 Å². The lowest BCUT2D eigenvalue weighted by atomic mass is 9.67. The average molecular weight is 1130 g/mol. The Kier molecular flexibility index (Phi) is 13.1. The van der Waals surface area contributed by atoms with Crippen molar-refractivity contribution in [3.63, 3.8) is 0 Å². The molecule has 1 aliphatic carbocycles. The van der Waals surface area contributed by atoms with Crippen LogP contribution in [-0.4, -0.2) is 158 Å². The van der Waals surface area contributed by atoms with Gasteiger partial charge in [-0.1, -0.05) is 26.0 Å². The molecule has 5 aliphatic heterocycles. The number of carbonyl (C=O) groups excluding carboxylic acids is 5. The Morgan fingerprint density at radius 3 is 2.60 bits per heavy atom. The summed E-state index contributed by atoms with van der Waals surface area (Å²) in [6, 6.07) is 8.87. The highest BCUT2D eigenvalue weighted by atomic mass is 127. The van der Waals surface area contributed by atoms with Gasteiger partial charge >= 0.3 is 12.0 Å². The Morgan fingerprint density at radius 1 is 1.15 bits per heavy atom. The van der Waals surface area contributed by atoms with E-state index in [-0.39, 0.29) is 57.8 Å². The number of Topliss-reactive ketones (excluding diaryl/α,β-unsaturated/α-hetero) is 1. The fourth-order valence-corrected chi connectivity index (χ4v) is 16.1. The number of hydrazine groups is 1. The molecule has 72 heavy (non-hydrogen) atoms. The number of methoxy groups -OCH3 is 1. The molecule has 4 fully saturated rings. The van der Waals surface area contributed by atoms with Gasteiger partial charge in [0.25, 0.3) is 0 Å². The smallest absolute Gasteiger partial charge is 0.443 e. The van der Waals surface area contributed by atoms with Gasteiger partial charge in [0.15, 0.2) is 3.61 Å². The van der Waals surface area contributed by atoms with Crippen molar-refractivity contribution in [1.29, 1.82) is 0 Å². The molecule has 4 unspecified atom stereocenters. The van der Waals surface area contributed by atoms with Gasteiger partial charge in [-0.15, -0.1) is 15.9 Å². The van der Waals surface area contributed by atoms with Crippen LogP contribution < -0.4 is 11.3 Å². The van der Waals surface area contributed by atoms with Gasteiger partial charge in [0.1, 0.15) is 13.1 Å². The highest BCUT2D eigenvalue weighted by molar-refractivity contribution is 14.1. The normalized spacial score (nSPS) is 27.1. The first-order valence-corrected chi connectivity index (χ1v) is 27.8. The Morgan fingerprint density at radius 2 is 1.90 bits per heavy atom. The number of fused-ring (bicyclic) bond motifs is 8. The number of benzene rings is 1. The number of pyridine rings is 1. The minimum atomic E-state index is -1.22. The summed E-state index contributed by atoms with van der Waals surface area (Å²) >= 11 is 3.85. The molecule has 4 aromatic rings. The second-order valence-electron chi connectivity index (χ2n) is 21.6. The zero-order valence-electron chi connectivity index (χ0n) is 42.5. The van der Waals surface area contributed by atoms with Gasteiger partial charge in [-0.25, -0.2) is 15.2 Å². The van der Waals surface area contributed by atoms with E-state index in [1.807, 2.05) is 24.6 Å². The first-order valence-electron chi connectivity index (χ1n) is 24.8. The molecule has 0 saturated carbocycles. The van der Waals surface area contributed by atoms with E-state index in [2.05, 4.69) is 82.5 Å². The monoisotopic (exact) mass is 1130 g/mol. The number of nitrogens with two attached hydrogens (primary N) is 1. The minimum Gasteiger partial charge on any atom is -0.464 e. The van der Waals surface area contributed by atoms with Gasteiger partial charge in [-0.2, -0.15) is 5.84 Å². The molecule has 6 atom stereocenters. The number of aryl methyl sites for hydroxylation is 1. The molecule has 17 nitrogen and oxygen atoms in total. The number of quaternary nitrogens is 1. The zero-order chi connectivity index (χ0) is 51.4. The van der Waals surface area contributed by atoms with Crippen LogP contribution in [0.15, 0.2) is 65.3 Å². The number of alkyl halides is 1. The van der Waals surface area contributed by atoms with Gasteiger partial charge < -0.3 is 23.8 Å². The molecule has 1 spiro atoms. The van der Waals surface area contributed by atoms with Crippen LogP contribution in [0.1, 0.15) is 69.6 Å². The summed E-state index contributed by atoms with van der Waals surface area (Å²) in [5.41, 5.74) is 9.05. The molecule has 3 aromatic heterocycles. The number of nitrogens with one attached hydrogen (secondary N) is 1. The lowest BCUT2D eigenvalue weighted by Gasteiger charge is -2.47. The van der Waals surface area contributed by atoms with Crippen LogP contribution in [0.3, 0.4) is 0 Å². The summed E-state index contributed by atoms with van der Waals surface area (Å²) in [5.74, 6) is 5.74. The number of nitrogens with zero attached hydrogens (tertiary/aromatic N) is 8. The van der Waals surface area contributed by atoms with Crippen LogP contribution in [0.2, 0.25) is 10.6 Å². The maximum Gasteiger partial charge on any atom is 0.443 e. The van der Waals surface area contributed by atoms with Crippen LogP contribution in [0.4, 0.5) is 4.79 Å². The Balaban J connectivity index is 0.985. The van der Waals surface area contributed by atoms with E-state index < -0.39 is 42.2 Å².